The molecule has 0 unspecified atom stereocenters. The van der Waals surface area contributed by atoms with Gasteiger partial charge in [0.1, 0.15) is 0 Å². The fraction of sp³-hybridized carbons (Fsp3) is 0.625. The maximum Gasteiger partial charge on any atom is 0.240 e. The maximum atomic E-state index is 12.3. The molecule has 0 spiro atoms. The fourth-order valence-electron chi connectivity index (χ4n) is 3.08. The first-order valence-corrected chi connectivity index (χ1v) is 9.36. The third kappa shape index (κ3) is 4.28. The largest absolute Gasteiger partial charge is 0.326 e. The maximum absolute atomic E-state index is 12.3. The normalized spacial score (nSPS) is 16.5. The van der Waals surface area contributed by atoms with E-state index in [1.165, 1.54) is 25.7 Å². The van der Waals surface area contributed by atoms with E-state index in [1.807, 2.05) is 13.0 Å². The third-order valence-corrected chi connectivity index (χ3v) is 5.87. The smallest absolute Gasteiger partial charge is 0.240 e. The molecule has 1 fully saturated rings. The second-order valence-corrected chi connectivity index (χ2v) is 7.59. The lowest BCUT2D eigenvalue weighted by Crippen LogP contribution is -2.26. The van der Waals surface area contributed by atoms with E-state index in [2.05, 4.69) is 4.72 Å². The molecule has 0 atom stereocenters. The lowest BCUT2D eigenvalue weighted by atomic mass is 10.1. The van der Waals surface area contributed by atoms with Gasteiger partial charge in [-0.1, -0.05) is 38.7 Å². The zero-order valence-corrected chi connectivity index (χ0v) is 13.6. The molecule has 1 saturated carbocycles. The van der Waals surface area contributed by atoms with E-state index >= 15 is 0 Å². The van der Waals surface area contributed by atoms with Crippen LogP contribution in [0.4, 0.5) is 0 Å². The second kappa shape index (κ2) is 7.38. The van der Waals surface area contributed by atoms with Crippen LogP contribution in [0.25, 0.3) is 0 Å². The molecule has 21 heavy (non-hydrogen) atoms. The molecule has 0 radical (unpaired) electrons. The SMILES string of the molecule is CCc1ccc(S(=O)(=O)NCCC2CCCC2)cc1CN. The van der Waals surface area contributed by atoms with E-state index in [4.69, 9.17) is 5.73 Å². The summed E-state index contributed by atoms with van der Waals surface area (Å²) < 4.78 is 27.4. The average Bonchev–Trinajstić information content (AvgIpc) is 2.99. The van der Waals surface area contributed by atoms with Crippen molar-refractivity contribution in [2.24, 2.45) is 11.7 Å². The molecule has 0 amide bonds. The van der Waals surface area contributed by atoms with Crippen LogP contribution in [0.2, 0.25) is 0 Å². The number of sulfonamides is 1. The van der Waals surface area contributed by atoms with Gasteiger partial charge >= 0.3 is 0 Å². The Morgan fingerprint density at radius 1 is 1.24 bits per heavy atom. The summed E-state index contributed by atoms with van der Waals surface area (Å²) in [6, 6.07) is 5.25. The van der Waals surface area contributed by atoms with Crippen LogP contribution >= 0.6 is 0 Å². The minimum atomic E-state index is -3.42. The molecule has 3 N–H and O–H groups in total. The summed E-state index contributed by atoms with van der Waals surface area (Å²) in [6.45, 7) is 2.94. The molecule has 5 heteroatoms. The summed E-state index contributed by atoms with van der Waals surface area (Å²) >= 11 is 0. The highest BCUT2D eigenvalue weighted by Crippen LogP contribution is 2.27. The van der Waals surface area contributed by atoms with E-state index in [-0.39, 0.29) is 0 Å². The summed E-state index contributed by atoms with van der Waals surface area (Å²) in [4.78, 5) is 0.326. The predicted molar refractivity (Wildman–Crippen MR) is 85.5 cm³/mol. The van der Waals surface area contributed by atoms with E-state index in [0.717, 1.165) is 24.0 Å². The Bertz CT molecular complexity index is 564. The highest BCUT2D eigenvalue weighted by Gasteiger charge is 2.18. The number of aryl methyl sites for hydroxylation is 1. The van der Waals surface area contributed by atoms with Crippen LogP contribution in [-0.4, -0.2) is 15.0 Å². The first-order valence-electron chi connectivity index (χ1n) is 7.88. The van der Waals surface area contributed by atoms with Crippen molar-refractivity contribution in [3.05, 3.63) is 29.3 Å². The van der Waals surface area contributed by atoms with Crippen molar-refractivity contribution in [3.63, 3.8) is 0 Å². The van der Waals surface area contributed by atoms with Crippen molar-refractivity contribution in [2.75, 3.05) is 6.54 Å². The molecule has 1 aliphatic rings. The first kappa shape index (κ1) is 16.5. The van der Waals surface area contributed by atoms with Gasteiger partial charge in [-0.05, 0) is 42.0 Å². The molecule has 0 saturated heterocycles. The first-order chi connectivity index (χ1) is 10.1. The van der Waals surface area contributed by atoms with E-state index in [1.54, 1.807) is 12.1 Å². The van der Waals surface area contributed by atoms with Crippen LogP contribution in [0.5, 0.6) is 0 Å². The Balaban J connectivity index is 2.01. The third-order valence-electron chi connectivity index (χ3n) is 4.41. The fourth-order valence-corrected chi connectivity index (χ4v) is 4.18. The molecule has 2 rings (SSSR count). The summed E-state index contributed by atoms with van der Waals surface area (Å²) in [5.41, 5.74) is 7.73. The van der Waals surface area contributed by atoms with Gasteiger partial charge in [0, 0.05) is 13.1 Å². The predicted octanol–water partition coefficient (Wildman–Crippen LogP) is 2.57. The molecule has 4 nitrogen and oxygen atoms in total. The zero-order chi connectivity index (χ0) is 15.3. The highest BCUT2D eigenvalue weighted by atomic mass is 32.2. The Morgan fingerprint density at radius 2 is 1.95 bits per heavy atom. The van der Waals surface area contributed by atoms with Gasteiger partial charge in [-0.25, -0.2) is 13.1 Å². The van der Waals surface area contributed by atoms with Crippen LogP contribution in [0.3, 0.4) is 0 Å². The van der Waals surface area contributed by atoms with Crippen molar-refractivity contribution in [2.45, 2.75) is 56.9 Å². The van der Waals surface area contributed by atoms with Crippen LogP contribution < -0.4 is 10.5 Å². The van der Waals surface area contributed by atoms with Gasteiger partial charge in [-0.3, -0.25) is 0 Å². The standard InChI is InChI=1S/C16H26N2O2S/c1-2-14-7-8-16(11-15(14)12-17)21(19,20)18-10-9-13-5-3-4-6-13/h7-8,11,13,18H,2-6,9-10,12,17H2,1H3. The topological polar surface area (TPSA) is 72.2 Å². The van der Waals surface area contributed by atoms with Gasteiger partial charge in [0.25, 0.3) is 0 Å². The lowest BCUT2D eigenvalue weighted by molar-refractivity contribution is 0.495. The summed E-state index contributed by atoms with van der Waals surface area (Å²) in [5.74, 6) is 0.690. The van der Waals surface area contributed by atoms with Crippen LogP contribution in [0, 0.1) is 5.92 Å². The number of nitrogens with one attached hydrogen (secondary N) is 1. The van der Waals surface area contributed by atoms with E-state index < -0.39 is 10.0 Å². The molecular weight excluding hydrogens is 284 g/mol. The average molecular weight is 310 g/mol. The molecule has 1 aromatic rings. The summed E-state index contributed by atoms with van der Waals surface area (Å²) in [5, 5.41) is 0. The second-order valence-electron chi connectivity index (χ2n) is 5.83. The van der Waals surface area contributed by atoms with Crippen molar-refractivity contribution in [1.29, 1.82) is 0 Å². The molecule has 0 heterocycles. The Kier molecular flexibility index (Phi) is 5.79. The summed E-state index contributed by atoms with van der Waals surface area (Å²) in [6.07, 6.45) is 6.86. The van der Waals surface area contributed by atoms with Crippen LogP contribution in [0.1, 0.15) is 50.2 Å². The molecular formula is C16H26N2O2S. The summed E-state index contributed by atoms with van der Waals surface area (Å²) in [7, 11) is -3.42. The zero-order valence-electron chi connectivity index (χ0n) is 12.8. The van der Waals surface area contributed by atoms with Gasteiger partial charge < -0.3 is 5.73 Å². The van der Waals surface area contributed by atoms with Gasteiger partial charge in [0.15, 0.2) is 0 Å². The Hall–Kier alpha value is -0.910. The minimum Gasteiger partial charge on any atom is -0.326 e. The van der Waals surface area contributed by atoms with Crippen LogP contribution in [-0.2, 0) is 23.0 Å². The molecule has 0 aromatic heterocycles. The Morgan fingerprint density at radius 3 is 2.57 bits per heavy atom. The van der Waals surface area contributed by atoms with Gasteiger partial charge in [-0.2, -0.15) is 0 Å². The monoisotopic (exact) mass is 310 g/mol. The van der Waals surface area contributed by atoms with Gasteiger partial charge in [-0.15, -0.1) is 0 Å². The van der Waals surface area contributed by atoms with Gasteiger partial charge in [0.05, 0.1) is 4.90 Å². The number of hydrogen-bond acceptors (Lipinski definition) is 3. The number of rotatable bonds is 7. The van der Waals surface area contributed by atoms with Crippen molar-refractivity contribution in [3.8, 4) is 0 Å². The number of benzene rings is 1. The molecule has 0 aliphatic heterocycles. The quantitative estimate of drug-likeness (QED) is 0.813. The minimum absolute atomic E-state index is 0.326. The molecule has 1 aliphatic carbocycles. The Labute approximate surface area is 128 Å². The van der Waals surface area contributed by atoms with Crippen LogP contribution in [0.15, 0.2) is 23.1 Å². The molecule has 1 aromatic carbocycles. The highest BCUT2D eigenvalue weighted by molar-refractivity contribution is 7.89. The lowest BCUT2D eigenvalue weighted by Gasteiger charge is -2.12. The number of hydrogen-bond donors (Lipinski definition) is 2. The number of nitrogens with two attached hydrogens (primary N) is 1. The molecule has 0 bridgehead atoms. The van der Waals surface area contributed by atoms with E-state index in [0.29, 0.717) is 23.9 Å². The van der Waals surface area contributed by atoms with E-state index in [9.17, 15) is 8.42 Å². The van der Waals surface area contributed by atoms with Gasteiger partial charge in [0.2, 0.25) is 10.0 Å². The van der Waals surface area contributed by atoms with Crippen molar-refractivity contribution >= 4 is 10.0 Å². The van der Waals surface area contributed by atoms with Crippen molar-refractivity contribution < 1.29 is 8.42 Å². The molecule has 118 valence electrons. The van der Waals surface area contributed by atoms with Crippen molar-refractivity contribution in [1.82, 2.24) is 4.72 Å².